The van der Waals surface area contributed by atoms with Crippen molar-refractivity contribution < 1.29 is 54.2 Å². The number of hydrogen-bond donors (Lipinski definition) is 5. The van der Waals surface area contributed by atoms with Gasteiger partial charge in [-0.1, -0.05) is 91.8 Å². The number of carbonyl (C=O) groups excluding carboxylic acids is 4. The van der Waals surface area contributed by atoms with E-state index in [0.29, 0.717) is 55.3 Å². The van der Waals surface area contributed by atoms with Crippen LogP contribution in [0.5, 0.6) is 0 Å². The summed E-state index contributed by atoms with van der Waals surface area (Å²) in [5.41, 5.74) is 1.09. The Labute approximate surface area is 377 Å². The molecule has 0 spiro atoms. The van der Waals surface area contributed by atoms with Crippen LogP contribution in [-0.2, 0) is 28.7 Å². The SMILES string of the molecule is CC1C=C2C=C[C@H](C)[C@H](CC[C@@H]3C[C@@H](O)CC(=O)O3)[C@@H]2[C@H]([C@@H](C)C(C)(C)C(=O)[O-])C1.CCC(C)(C)C(=O)O[C@H]1C[C@@H](C)C=C2C=C[C@H](C)[C@H](CC[C@@H](O)C[C@@H](O)CC(=O)[O-])[C@H]21.[NH4+].[NH4+]. The lowest BCUT2D eigenvalue weighted by Gasteiger charge is -2.49. The summed E-state index contributed by atoms with van der Waals surface area (Å²) in [7, 11) is 0. The number of hydrogen-bond acceptors (Lipinski definition) is 11. The third-order valence-electron chi connectivity index (χ3n) is 15.1. The highest BCUT2D eigenvalue weighted by Crippen LogP contribution is 2.52. The van der Waals surface area contributed by atoms with Gasteiger partial charge in [0.2, 0.25) is 0 Å². The first-order valence-electron chi connectivity index (χ1n) is 23.1. The van der Waals surface area contributed by atoms with Crippen molar-refractivity contribution in [2.75, 3.05) is 0 Å². The number of fused-ring (bicyclic) bond motifs is 2. The number of aliphatic hydroxyl groups excluding tert-OH is 3. The summed E-state index contributed by atoms with van der Waals surface area (Å²) in [6, 6.07) is 0. The van der Waals surface area contributed by atoms with Crippen LogP contribution >= 0.6 is 0 Å². The predicted molar refractivity (Wildman–Crippen MR) is 242 cm³/mol. The minimum absolute atomic E-state index is 0. The molecule has 0 aromatic heterocycles. The van der Waals surface area contributed by atoms with Gasteiger partial charge in [0.25, 0.3) is 0 Å². The van der Waals surface area contributed by atoms with Crippen molar-refractivity contribution in [3.05, 3.63) is 47.6 Å². The van der Waals surface area contributed by atoms with Crippen LogP contribution in [0.2, 0.25) is 0 Å². The molecule has 63 heavy (non-hydrogen) atoms. The quantitative estimate of drug-likeness (QED) is 0.101. The maximum atomic E-state index is 12.8. The molecule has 1 unspecified atom stereocenters. The highest BCUT2D eigenvalue weighted by Gasteiger charge is 2.46. The zero-order valence-electron chi connectivity index (χ0n) is 40.5. The highest BCUT2D eigenvalue weighted by molar-refractivity contribution is 5.76. The Morgan fingerprint density at radius 2 is 1.40 bits per heavy atom. The standard InChI is InChI=1S/C25H40O6.C25H38O5.2H3N/c1-6-25(4,5)24(30)31-21-12-15(2)11-17-8-7-16(3)20(23(17)21)10-9-18(26)13-19(27)14-22(28)29;1-14-10-17-7-6-15(2)20(9-8-19-12-18(26)13-22(27)30-19)23(17)21(11-14)16(3)25(4,5)24(28)29;;/h7-8,11,15-16,18-21,23,26-27H,6,9-10,12-14H2,1-5H3,(H,28,29);6-7,10,14-16,18-21,23,26H,8-9,11-13H2,1-5H3,(H,28,29);2*1H3/t15-,16-,18+,19+,20-,21-,23-;14?,15-,16+,18+,19+,20-,21-,23+;;/m00../s1. The molecule has 1 fully saturated rings. The first-order valence-corrected chi connectivity index (χ1v) is 23.1. The van der Waals surface area contributed by atoms with Crippen LogP contribution < -0.4 is 22.5 Å². The predicted octanol–water partition coefficient (Wildman–Crippen LogP) is 6.79. The average Bonchev–Trinajstić information content (AvgIpc) is 3.16. The van der Waals surface area contributed by atoms with Crippen LogP contribution in [0.1, 0.15) is 140 Å². The van der Waals surface area contributed by atoms with Gasteiger partial charge < -0.3 is 56.9 Å². The van der Waals surface area contributed by atoms with Crippen molar-refractivity contribution in [1.82, 2.24) is 12.3 Å². The molecule has 0 saturated carbocycles. The Balaban J connectivity index is 0.000000420. The summed E-state index contributed by atoms with van der Waals surface area (Å²) >= 11 is 0. The lowest BCUT2D eigenvalue weighted by molar-refractivity contribution is -0.321. The largest absolute Gasteiger partial charge is 0.550 e. The minimum atomic E-state index is -1.32. The summed E-state index contributed by atoms with van der Waals surface area (Å²) in [6.45, 7) is 20.2. The van der Waals surface area contributed by atoms with E-state index in [1.54, 1.807) is 13.8 Å². The molecule has 0 aromatic carbocycles. The highest BCUT2D eigenvalue weighted by atomic mass is 16.6. The summed E-state index contributed by atoms with van der Waals surface area (Å²) in [5.74, 6) is -0.283. The second kappa shape index (κ2) is 23.7. The van der Waals surface area contributed by atoms with Gasteiger partial charge in [-0.15, -0.1) is 0 Å². The van der Waals surface area contributed by atoms with E-state index in [0.717, 1.165) is 25.7 Å². The monoisotopic (exact) mass is 889 g/mol. The number of allylic oxidation sites excluding steroid dienone is 7. The molecule has 1 heterocycles. The number of rotatable bonds is 16. The van der Waals surface area contributed by atoms with E-state index in [1.165, 1.54) is 11.1 Å². The molecule has 1 saturated heterocycles. The number of esters is 2. The minimum Gasteiger partial charge on any atom is -0.550 e. The van der Waals surface area contributed by atoms with Crippen molar-refractivity contribution in [2.45, 2.75) is 170 Å². The lowest BCUT2D eigenvalue weighted by Crippen LogP contribution is -2.48. The van der Waals surface area contributed by atoms with Crippen LogP contribution in [0, 0.1) is 70.0 Å². The zero-order valence-corrected chi connectivity index (χ0v) is 40.5. The summed E-state index contributed by atoms with van der Waals surface area (Å²) in [4.78, 5) is 47.0. The molecule has 0 bridgehead atoms. The van der Waals surface area contributed by atoms with Gasteiger partial charge in [0.1, 0.15) is 12.2 Å². The smallest absolute Gasteiger partial charge is 0.311 e. The van der Waals surface area contributed by atoms with Crippen molar-refractivity contribution in [3.8, 4) is 0 Å². The normalized spacial score (nSPS) is 32.8. The van der Waals surface area contributed by atoms with Crippen LogP contribution in [0.4, 0.5) is 0 Å². The topological polar surface area (TPSA) is 267 Å². The van der Waals surface area contributed by atoms with Gasteiger partial charge in [-0.05, 0) is 130 Å². The van der Waals surface area contributed by atoms with E-state index in [9.17, 15) is 44.7 Å². The Hall–Kier alpha value is -3.36. The van der Waals surface area contributed by atoms with Crippen LogP contribution in [0.25, 0.3) is 0 Å². The molecule has 0 amide bonds. The molecule has 11 N–H and O–H groups in total. The molecular formula is C50H84N2O11. The van der Waals surface area contributed by atoms with E-state index < -0.39 is 47.5 Å². The lowest BCUT2D eigenvalue weighted by atomic mass is 9.56. The van der Waals surface area contributed by atoms with Crippen molar-refractivity contribution >= 4 is 23.9 Å². The Bertz CT molecular complexity index is 1670. The summed E-state index contributed by atoms with van der Waals surface area (Å²) in [6.07, 6.45) is 15.9. The molecule has 5 rings (SSSR count). The molecule has 0 radical (unpaired) electrons. The second-order valence-electron chi connectivity index (χ2n) is 20.7. The zero-order chi connectivity index (χ0) is 45.6. The van der Waals surface area contributed by atoms with E-state index in [4.69, 9.17) is 9.47 Å². The molecule has 0 aromatic rings. The molecule has 13 heteroatoms. The van der Waals surface area contributed by atoms with E-state index in [-0.39, 0.29) is 78.9 Å². The van der Waals surface area contributed by atoms with Gasteiger partial charge in [0.15, 0.2) is 0 Å². The van der Waals surface area contributed by atoms with Crippen LogP contribution in [0.15, 0.2) is 47.6 Å². The van der Waals surface area contributed by atoms with Crippen molar-refractivity contribution in [1.29, 1.82) is 0 Å². The molecule has 1 aliphatic heterocycles. The number of carbonyl (C=O) groups is 4. The Morgan fingerprint density at radius 3 is 1.94 bits per heavy atom. The van der Waals surface area contributed by atoms with Gasteiger partial charge in [-0.25, -0.2) is 0 Å². The number of quaternary nitrogens is 2. The average molecular weight is 889 g/mol. The number of carboxylic acids is 2. The number of carboxylic acid groups (broad SMARTS) is 2. The fourth-order valence-electron chi connectivity index (χ4n) is 10.6. The van der Waals surface area contributed by atoms with E-state index >= 15 is 0 Å². The number of ether oxygens (including phenoxy) is 2. The fraction of sp³-hybridized carbons (Fsp3) is 0.760. The van der Waals surface area contributed by atoms with E-state index in [1.807, 2.05) is 20.8 Å². The Morgan fingerprint density at radius 1 is 0.841 bits per heavy atom. The van der Waals surface area contributed by atoms with Gasteiger partial charge in [-0.2, -0.15) is 0 Å². The molecule has 15 atom stereocenters. The number of cyclic esters (lactones) is 1. The summed E-state index contributed by atoms with van der Waals surface area (Å²) < 4.78 is 11.6. The molecule has 4 aliphatic carbocycles. The molecular weight excluding hydrogens is 805 g/mol. The van der Waals surface area contributed by atoms with Crippen LogP contribution in [0.3, 0.4) is 0 Å². The van der Waals surface area contributed by atoms with Gasteiger partial charge in [0, 0.05) is 36.1 Å². The van der Waals surface area contributed by atoms with Gasteiger partial charge in [-0.3, -0.25) is 9.59 Å². The third-order valence-corrected chi connectivity index (χ3v) is 15.1. The van der Waals surface area contributed by atoms with E-state index in [2.05, 4.69) is 71.1 Å². The molecule has 13 nitrogen and oxygen atoms in total. The molecule has 5 aliphatic rings. The maximum absolute atomic E-state index is 12.8. The van der Waals surface area contributed by atoms with Crippen LogP contribution in [-0.4, -0.2) is 69.7 Å². The first kappa shape index (κ1) is 55.8. The second-order valence-corrected chi connectivity index (χ2v) is 20.7. The fourth-order valence-corrected chi connectivity index (χ4v) is 10.6. The third kappa shape index (κ3) is 14.6. The summed E-state index contributed by atoms with van der Waals surface area (Å²) in [5, 5.41) is 52.6. The number of aliphatic hydroxyl groups is 3. The Kier molecular flexibility index (Phi) is 21.0. The maximum Gasteiger partial charge on any atom is 0.311 e. The number of aliphatic carboxylic acids is 2. The van der Waals surface area contributed by atoms with Gasteiger partial charge >= 0.3 is 11.9 Å². The van der Waals surface area contributed by atoms with Crippen molar-refractivity contribution in [2.24, 2.45) is 70.0 Å². The van der Waals surface area contributed by atoms with Crippen molar-refractivity contribution in [3.63, 3.8) is 0 Å². The van der Waals surface area contributed by atoms with Gasteiger partial charge in [0.05, 0.1) is 30.1 Å². The first-order chi connectivity index (χ1) is 28.4. The molecule has 360 valence electrons.